The highest BCUT2D eigenvalue weighted by Crippen LogP contribution is 2.15. The van der Waals surface area contributed by atoms with Crippen LogP contribution in [-0.2, 0) is 19.1 Å². The van der Waals surface area contributed by atoms with Crippen LogP contribution in [0.4, 0.5) is 0 Å². The lowest BCUT2D eigenvalue weighted by atomic mass is 10.1. The average Bonchev–Trinajstić information content (AvgIpc) is 2.69. The second-order valence-electron chi connectivity index (χ2n) is 3.20. The Morgan fingerprint density at radius 3 is 2.88 bits per heavy atom. The molecule has 1 N–H and O–H groups in total. The third-order valence-corrected chi connectivity index (χ3v) is 1.93. The minimum Gasteiger partial charge on any atom is -0.494 e. The van der Waals surface area contributed by atoms with Crippen LogP contribution >= 0.6 is 0 Å². The molecule has 0 aliphatic carbocycles. The van der Waals surface area contributed by atoms with Crippen molar-refractivity contribution in [3.63, 3.8) is 0 Å². The summed E-state index contributed by atoms with van der Waals surface area (Å²) in [4.78, 5) is 22.0. The molecule has 0 aromatic rings. The highest BCUT2D eigenvalue weighted by Gasteiger charge is 2.16. The average molecular weight is 226 g/mol. The van der Waals surface area contributed by atoms with Gasteiger partial charge in [0.1, 0.15) is 5.76 Å². The quantitative estimate of drug-likeness (QED) is 0.564. The monoisotopic (exact) mass is 226 g/mol. The van der Waals surface area contributed by atoms with E-state index in [1.165, 1.54) is 6.08 Å². The van der Waals surface area contributed by atoms with Crippen molar-refractivity contribution < 1.29 is 24.2 Å². The Morgan fingerprint density at radius 1 is 1.62 bits per heavy atom. The minimum absolute atomic E-state index is 0.0995. The number of hydrogen-bond acceptors (Lipinski definition) is 4. The molecule has 0 amide bonds. The van der Waals surface area contributed by atoms with Crippen LogP contribution in [0.15, 0.2) is 23.5 Å². The van der Waals surface area contributed by atoms with Crippen LogP contribution in [0.3, 0.4) is 0 Å². The number of ether oxygens (including phenoxy) is 2. The van der Waals surface area contributed by atoms with Crippen molar-refractivity contribution in [3.8, 4) is 0 Å². The molecule has 1 heterocycles. The summed E-state index contributed by atoms with van der Waals surface area (Å²) >= 11 is 0. The molecule has 88 valence electrons. The van der Waals surface area contributed by atoms with Gasteiger partial charge in [-0.2, -0.15) is 0 Å². The van der Waals surface area contributed by atoms with Gasteiger partial charge >= 0.3 is 11.9 Å². The van der Waals surface area contributed by atoms with E-state index in [1.807, 2.05) is 0 Å². The molecule has 0 atom stereocenters. The standard InChI is InChI=1S/C11H14O5/c1-2-15-11(14)8(7-10(12)13)6-9-4-3-5-16-9/h4,6H,2-3,5,7H2,1H3,(H,12,13). The Labute approximate surface area is 93.3 Å². The molecule has 0 aromatic heterocycles. The van der Waals surface area contributed by atoms with Gasteiger partial charge in [-0.05, 0) is 19.1 Å². The summed E-state index contributed by atoms with van der Waals surface area (Å²) < 4.78 is 9.94. The normalized spacial score (nSPS) is 15.3. The number of carbonyl (C=O) groups excluding carboxylic acids is 1. The zero-order valence-corrected chi connectivity index (χ0v) is 9.06. The number of carbonyl (C=O) groups is 2. The maximum atomic E-state index is 11.4. The largest absolute Gasteiger partial charge is 0.494 e. The predicted molar refractivity (Wildman–Crippen MR) is 55.6 cm³/mol. The molecular weight excluding hydrogens is 212 g/mol. The number of carboxylic acids is 1. The van der Waals surface area contributed by atoms with Gasteiger partial charge in [-0.3, -0.25) is 4.79 Å². The first kappa shape index (κ1) is 12.3. The zero-order chi connectivity index (χ0) is 12.0. The fourth-order valence-electron chi connectivity index (χ4n) is 1.28. The number of hydrogen-bond donors (Lipinski definition) is 1. The molecule has 0 saturated carbocycles. The summed E-state index contributed by atoms with van der Waals surface area (Å²) in [5.41, 5.74) is 0.0995. The topological polar surface area (TPSA) is 72.8 Å². The lowest BCUT2D eigenvalue weighted by Gasteiger charge is -2.05. The molecule has 1 rings (SSSR count). The molecule has 0 spiro atoms. The molecule has 5 heteroatoms. The molecule has 1 aliphatic heterocycles. The van der Waals surface area contributed by atoms with E-state index in [4.69, 9.17) is 14.6 Å². The number of allylic oxidation sites excluding steroid dienone is 1. The Hall–Kier alpha value is -1.78. The highest BCUT2D eigenvalue weighted by molar-refractivity contribution is 5.93. The van der Waals surface area contributed by atoms with Crippen LogP contribution in [-0.4, -0.2) is 30.3 Å². The molecule has 0 fully saturated rings. The van der Waals surface area contributed by atoms with E-state index >= 15 is 0 Å². The number of rotatable bonds is 5. The van der Waals surface area contributed by atoms with Crippen molar-refractivity contribution in [1.29, 1.82) is 0 Å². The SMILES string of the molecule is CCOC(=O)C(=CC1=CCCO1)CC(=O)O. The van der Waals surface area contributed by atoms with Gasteiger partial charge in [0.25, 0.3) is 0 Å². The van der Waals surface area contributed by atoms with Gasteiger partial charge in [-0.15, -0.1) is 0 Å². The van der Waals surface area contributed by atoms with Gasteiger partial charge in [-0.1, -0.05) is 0 Å². The fraction of sp³-hybridized carbons (Fsp3) is 0.455. The lowest BCUT2D eigenvalue weighted by molar-refractivity contribution is -0.142. The van der Waals surface area contributed by atoms with Gasteiger partial charge < -0.3 is 14.6 Å². The third kappa shape index (κ3) is 3.76. The molecule has 0 unspecified atom stereocenters. The minimum atomic E-state index is -1.07. The van der Waals surface area contributed by atoms with E-state index in [2.05, 4.69) is 0 Å². The van der Waals surface area contributed by atoms with E-state index in [9.17, 15) is 9.59 Å². The van der Waals surface area contributed by atoms with Crippen LogP contribution in [0.2, 0.25) is 0 Å². The summed E-state index contributed by atoms with van der Waals surface area (Å²) in [6, 6.07) is 0. The maximum absolute atomic E-state index is 11.4. The first-order chi connectivity index (χ1) is 7.63. The Balaban J connectivity index is 2.76. The Morgan fingerprint density at radius 2 is 2.38 bits per heavy atom. The summed E-state index contributed by atoms with van der Waals surface area (Å²) in [5.74, 6) is -1.15. The van der Waals surface area contributed by atoms with E-state index in [-0.39, 0.29) is 18.6 Å². The van der Waals surface area contributed by atoms with Crippen molar-refractivity contribution in [2.24, 2.45) is 0 Å². The molecule has 0 radical (unpaired) electrons. The van der Waals surface area contributed by atoms with Gasteiger partial charge in [0.15, 0.2) is 0 Å². The predicted octanol–water partition coefficient (Wildman–Crippen LogP) is 1.25. The maximum Gasteiger partial charge on any atom is 0.334 e. The summed E-state index contributed by atoms with van der Waals surface area (Å²) in [6.07, 6.45) is 3.65. The number of carboxylic acid groups (broad SMARTS) is 1. The molecule has 1 aliphatic rings. The lowest BCUT2D eigenvalue weighted by Crippen LogP contribution is -2.11. The Bertz CT molecular complexity index is 340. The first-order valence-electron chi connectivity index (χ1n) is 5.06. The highest BCUT2D eigenvalue weighted by atomic mass is 16.5. The van der Waals surface area contributed by atoms with Crippen LogP contribution in [0, 0.1) is 0 Å². The van der Waals surface area contributed by atoms with Crippen molar-refractivity contribution >= 4 is 11.9 Å². The van der Waals surface area contributed by atoms with Gasteiger partial charge in [-0.25, -0.2) is 4.79 Å². The van der Waals surface area contributed by atoms with E-state index in [0.717, 1.165) is 6.42 Å². The second kappa shape index (κ2) is 5.95. The molecular formula is C11H14O5. The van der Waals surface area contributed by atoms with Crippen LogP contribution in [0.1, 0.15) is 19.8 Å². The number of esters is 1. The van der Waals surface area contributed by atoms with Crippen molar-refractivity contribution in [1.82, 2.24) is 0 Å². The molecule has 0 bridgehead atoms. The molecule has 5 nitrogen and oxygen atoms in total. The van der Waals surface area contributed by atoms with Gasteiger partial charge in [0.05, 0.1) is 25.2 Å². The smallest absolute Gasteiger partial charge is 0.334 e. The van der Waals surface area contributed by atoms with Crippen molar-refractivity contribution in [2.45, 2.75) is 19.8 Å². The van der Waals surface area contributed by atoms with Gasteiger partial charge in [0.2, 0.25) is 0 Å². The summed E-state index contributed by atoms with van der Waals surface area (Å²) in [6.45, 7) is 2.45. The van der Waals surface area contributed by atoms with E-state index < -0.39 is 11.9 Å². The molecule has 0 aromatic carbocycles. The van der Waals surface area contributed by atoms with Gasteiger partial charge in [0, 0.05) is 6.42 Å². The van der Waals surface area contributed by atoms with Crippen LogP contribution in [0.25, 0.3) is 0 Å². The molecule has 16 heavy (non-hydrogen) atoms. The first-order valence-corrected chi connectivity index (χ1v) is 5.06. The fourth-order valence-corrected chi connectivity index (χ4v) is 1.28. The Kier molecular flexibility index (Phi) is 4.57. The number of aliphatic carboxylic acids is 1. The van der Waals surface area contributed by atoms with Crippen LogP contribution < -0.4 is 0 Å². The van der Waals surface area contributed by atoms with Crippen molar-refractivity contribution in [2.75, 3.05) is 13.2 Å². The van der Waals surface area contributed by atoms with Crippen LogP contribution in [0.5, 0.6) is 0 Å². The second-order valence-corrected chi connectivity index (χ2v) is 3.20. The zero-order valence-electron chi connectivity index (χ0n) is 9.06. The molecule has 0 saturated heterocycles. The third-order valence-electron chi connectivity index (χ3n) is 1.93. The van der Waals surface area contributed by atoms with Crippen molar-refractivity contribution in [3.05, 3.63) is 23.5 Å². The van der Waals surface area contributed by atoms with E-state index in [1.54, 1.807) is 13.0 Å². The van der Waals surface area contributed by atoms with E-state index in [0.29, 0.717) is 12.4 Å². The summed E-state index contributed by atoms with van der Waals surface area (Å²) in [5, 5.41) is 8.67. The summed E-state index contributed by atoms with van der Waals surface area (Å²) in [7, 11) is 0.